The van der Waals surface area contributed by atoms with Crippen LogP contribution in [0.25, 0.3) is 0 Å². The Hall–Kier alpha value is -1.56. The van der Waals surface area contributed by atoms with Crippen molar-refractivity contribution in [1.29, 1.82) is 0 Å². The van der Waals surface area contributed by atoms with Gasteiger partial charge in [-0.15, -0.1) is 0 Å². The lowest BCUT2D eigenvalue weighted by Gasteiger charge is -2.26. The smallest absolute Gasteiger partial charge is 0.0159 e. The number of hydrogen-bond acceptors (Lipinski definition) is 0. The van der Waals surface area contributed by atoms with Gasteiger partial charge in [-0.3, -0.25) is 0 Å². The van der Waals surface area contributed by atoms with Gasteiger partial charge in [-0.1, -0.05) is 42.0 Å². The van der Waals surface area contributed by atoms with Crippen molar-refractivity contribution in [3.63, 3.8) is 0 Å². The largest absolute Gasteiger partial charge is 0.0617 e. The van der Waals surface area contributed by atoms with Crippen molar-refractivity contribution in [2.24, 2.45) is 0 Å². The van der Waals surface area contributed by atoms with Crippen molar-refractivity contribution < 1.29 is 0 Å². The number of aryl methyl sites for hydroxylation is 4. The van der Waals surface area contributed by atoms with Crippen molar-refractivity contribution in [1.82, 2.24) is 0 Å². The maximum Gasteiger partial charge on any atom is -0.0159 e. The molecule has 0 aliphatic heterocycles. The molecule has 0 saturated carbocycles. The molecule has 1 atom stereocenters. The van der Waals surface area contributed by atoms with Gasteiger partial charge in [0.05, 0.1) is 0 Å². The summed E-state index contributed by atoms with van der Waals surface area (Å²) in [4.78, 5) is 0. The molecule has 0 aromatic heterocycles. The molecule has 0 N–H and O–H groups in total. The van der Waals surface area contributed by atoms with Crippen LogP contribution in [0.2, 0.25) is 0 Å². The van der Waals surface area contributed by atoms with E-state index in [1.807, 2.05) is 0 Å². The molecule has 0 saturated heterocycles. The van der Waals surface area contributed by atoms with Crippen molar-refractivity contribution in [3.05, 3.63) is 69.8 Å². The Bertz CT molecular complexity index is 710. The summed E-state index contributed by atoms with van der Waals surface area (Å²) >= 11 is 0. The third-order valence-corrected chi connectivity index (χ3v) is 6.23. The van der Waals surface area contributed by atoms with Crippen molar-refractivity contribution >= 4 is 0 Å². The van der Waals surface area contributed by atoms with Crippen LogP contribution in [0.15, 0.2) is 36.4 Å². The Labute approximate surface area is 147 Å². The van der Waals surface area contributed by atoms with E-state index in [4.69, 9.17) is 0 Å². The van der Waals surface area contributed by atoms with Crippen LogP contribution in [0, 0.1) is 6.92 Å². The molecule has 126 valence electrons. The van der Waals surface area contributed by atoms with Gasteiger partial charge in [0.1, 0.15) is 0 Å². The van der Waals surface area contributed by atoms with E-state index in [-0.39, 0.29) is 0 Å². The molecular weight excluding hydrogens is 288 g/mol. The van der Waals surface area contributed by atoms with E-state index in [1.54, 1.807) is 27.8 Å². The van der Waals surface area contributed by atoms with E-state index in [0.29, 0.717) is 0 Å². The van der Waals surface area contributed by atoms with E-state index in [2.05, 4.69) is 43.3 Å². The third-order valence-electron chi connectivity index (χ3n) is 6.23. The summed E-state index contributed by atoms with van der Waals surface area (Å²) < 4.78 is 0. The highest BCUT2D eigenvalue weighted by Crippen LogP contribution is 2.36. The number of rotatable bonds is 4. The van der Waals surface area contributed by atoms with Gasteiger partial charge >= 0.3 is 0 Å². The van der Waals surface area contributed by atoms with Crippen molar-refractivity contribution in [3.8, 4) is 0 Å². The quantitative estimate of drug-likeness (QED) is 0.619. The van der Waals surface area contributed by atoms with Gasteiger partial charge < -0.3 is 0 Å². The molecule has 24 heavy (non-hydrogen) atoms. The predicted molar refractivity (Wildman–Crippen MR) is 103 cm³/mol. The zero-order valence-corrected chi connectivity index (χ0v) is 15.1. The highest BCUT2D eigenvalue weighted by atomic mass is 14.2. The Balaban J connectivity index is 1.42. The van der Waals surface area contributed by atoms with E-state index < -0.39 is 0 Å². The molecule has 0 fully saturated rings. The molecule has 2 aromatic rings. The average molecular weight is 319 g/mol. The summed E-state index contributed by atoms with van der Waals surface area (Å²) in [5, 5.41) is 0. The second kappa shape index (κ2) is 7.13. The lowest BCUT2D eigenvalue weighted by molar-refractivity contribution is 0.503. The minimum absolute atomic E-state index is 0.800. The number of benzene rings is 2. The van der Waals surface area contributed by atoms with Gasteiger partial charge in [-0.2, -0.15) is 0 Å². The van der Waals surface area contributed by atoms with E-state index in [1.165, 1.54) is 69.8 Å². The SMILES string of the molecule is Cc1ccc2c(c1)CCCC2CCCc1cccc2c1CCCC2. The summed E-state index contributed by atoms with van der Waals surface area (Å²) in [5.41, 5.74) is 9.68. The lowest BCUT2D eigenvalue weighted by Crippen LogP contribution is -2.11. The summed E-state index contributed by atoms with van der Waals surface area (Å²) in [5.74, 6) is 0.800. The maximum absolute atomic E-state index is 2.43. The molecule has 0 amide bonds. The second-order valence-electron chi connectivity index (χ2n) is 7.95. The maximum atomic E-state index is 2.43. The fraction of sp³-hybridized carbons (Fsp3) is 0.500. The van der Waals surface area contributed by atoms with Gasteiger partial charge in [0.15, 0.2) is 0 Å². The van der Waals surface area contributed by atoms with Crippen LogP contribution < -0.4 is 0 Å². The van der Waals surface area contributed by atoms with Gasteiger partial charge in [0, 0.05) is 0 Å². The van der Waals surface area contributed by atoms with Crippen LogP contribution in [0.1, 0.15) is 77.8 Å². The second-order valence-corrected chi connectivity index (χ2v) is 7.95. The zero-order chi connectivity index (χ0) is 16.4. The molecule has 2 aliphatic carbocycles. The van der Waals surface area contributed by atoms with E-state index in [0.717, 1.165) is 5.92 Å². The molecule has 4 rings (SSSR count). The fourth-order valence-corrected chi connectivity index (χ4v) is 4.98. The summed E-state index contributed by atoms with van der Waals surface area (Å²) in [6.07, 6.45) is 13.4. The first-order valence-corrected chi connectivity index (χ1v) is 10.0. The first-order valence-electron chi connectivity index (χ1n) is 10.0. The molecule has 2 aliphatic rings. The van der Waals surface area contributed by atoms with E-state index in [9.17, 15) is 0 Å². The Kier molecular flexibility index (Phi) is 4.74. The average Bonchev–Trinajstić information content (AvgIpc) is 2.62. The Morgan fingerprint density at radius 2 is 1.79 bits per heavy atom. The van der Waals surface area contributed by atoms with E-state index >= 15 is 0 Å². The first kappa shape index (κ1) is 15.9. The van der Waals surface area contributed by atoms with Crippen LogP contribution in [-0.4, -0.2) is 0 Å². The minimum atomic E-state index is 0.800. The van der Waals surface area contributed by atoms with Gasteiger partial charge in [-0.25, -0.2) is 0 Å². The summed E-state index contributed by atoms with van der Waals surface area (Å²) in [6.45, 7) is 2.22. The van der Waals surface area contributed by atoms with Crippen molar-refractivity contribution in [2.75, 3.05) is 0 Å². The molecule has 0 radical (unpaired) electrons. The monoisotopic (exact) mass is 318 g/mol. The zero-order valence-electron chi connectivity index (χ0n) is 15.1. The van der Waals surface area contributed by atoms with Crippen LogP contribution in [0.5, 0.6) is 0 Å². The molecule has 0 nitrogen and oxygen atoms in total. The standard InChI is InChI=1S/C24H30/c1-18-15-16-24-21(12-6-13-22(24)17-18)11-5-10-20-9-4-8-19-7-2-3-14-23(19)20/h4,8-9,15-17,21H,2-3,5-7,10-14H2,1H3. The Morgan fingerprint density at radius 1 is 0.917 bits per heavy atom. The number of hydrogen-bond donors (Lipinski definition) is 0. The topological polar surface area (TPSA) is 0 Å². The van der Waals surface area contributed by atoms with Gasteiger partial charge in [0.2, 0.25) is 0 Å². The molecule has 2 aromatic carbocycles. The number of fused-ring (bicyclic) bond motifs is 2. The van der Waals surface area contributed by atoms with Crippen LogP contribution in [0.3, 0.4) is 0 Å². The normalized spacial score (nSPS) is 19.6. The summed E-state index contributed by atoms with van der Waals surface area (Å²) in [7, 11) is 0. The van der Waals surface area contributed by atoms with Crippen LogP contribution in [-0.2, 0) is 25.7 Å². The van der Waals surface area contributed by atoms with Gasteiger partial charge in [0.25, 0.3) is 0 Å². The molecule has 0 heteroatoms. The molecule has 0 heterocycles. The molecule has 1 unspecified atom stereocenters. The molecule has 0 bridgehead atoms. The van der Waals surface area contributed by atoms with Crippen LogP contribution in [0.4, 0.5) is 0 Å². The first-order chi connectivity index (χ1) is 11.8. The minimum Gasteiger partial charge on any atom is -0.0617 e. The fourth-order valence-electron chi connectivity index (χ4n) is 4.98. The lowest BCUT2D eigenvalue weighted by atomic mass is 9.79. The van der Waals surface area contributed by atoms with Crippen LogP contribution >= 0.6 is 0 Å². The highest BCUT2D eigenvalue weighted by Gasteiger charge is 2.20. The predicted octanol–water partition coefficient (Wildman–Crippen LogP) is 6.32. The molecule has 0 spiro atoms. The van der Waals surface area contributed by atoms with Gasteiger partial charge in [-0.05, 0) is 105 Å². The summed E-state index contributed by atoms with van der Waals surface area (Å²) in [6, 6.07) is 14.2. The Morgan fingerprint density at radius 3 is 2.75 bits per heavy atom. The highest BCUT2D eigenvalue weighted by molar-refractivity contribution is 5.38. The van der Waals surface area contributed by atoms with Crippen molar-refractivity contribution in [2.45, 2.75) is 77.0 Å². The third kappa shape index (κ3) is 3.29. The molecular formula is C24H30.